The number of pyridine rings is 1. The molecule has 3 rings (SSSR count). The molecule has 5 nitrogen and oxygen atoms in total. The van der Waals surface area contributed by atoms with Crippen LogP contribution in [0.1, 0.15) is 22.3 Å². The molecule has 0 saturated carbocycles. The number of amides is 1. The molecular formula is C19H20N2O3S2. The second-order valence-electron chi connectivity index (χ2n) is 6.05. The van der Waals surface area contributed by atoms with Gasteiger partial charge in [-0.05, 0) is 24.1 Å². The summed E-state index contributed by atoms with van der Waals surface area (Å²) in [5, 5.41) is 3.46. The molecule has 7 heteroatoms. The summed E-state index contributed by atoms with van der Waals surface area (Å²) in [6.45, 7) is 0. The summed E-state index contributed by atoms with van der Waals surface area (Å²) in [7, 11) is -3.02. The van der Waals surface area contributed by atoms with E-state index in [2.05, 4.69) is 10.3 Å². The van der Waals surface area contributed by atoms with Gasteiger partial charge in [0.25, 0.3) is 5.91 Å². The number of hydrogen-bond acceptors (Lipinski definition) is 5. The first-order valence-corrected chi connectivity index (χ1v) is 11.1. The van der Waals surface area contributed by atoms with Crippen LogP contribution in [-0.4, -0.2) is 42.6 Å². The minimum absolute atomic E-state index is 0.0152. The molecule has 1 fully saturated rings. The molecule has 1 aliphatic heterocycles. The third-order valence-corrected chi connectivity index (χ3v) is 6.74. The van der Waals surface area contributed by atoms with Gasteiger partial charge in [-0.25, -0.2) is 13.4 Å². The van der Waals surface area contributed by atoms with Crippen molar-refractivity contribution in [2.45, 2.75) is 17.5 Å². The van der Waals surface area contributed by atoms with Crippen LogP contribution in [0.2, 0.25) is 0 Å². The largest absolute Gasteiger partial charge is 0.348 e. The molecule has 1 aromatic carbocycles. The molecule has 2 aromatic rings. The van der Waals surface area contributed by atoms with Crippen molar-refractivity contribution in [1.82, 2.24) is 10.3 Å². The quantitative estimate of drug-likeness (QED) is 0.770. The number of nitrogens with one attached hydrogen (secondary N) is 1. The lowest BCUT2D eigenvalue weighted by atomic mass is 10.2. The molecule has 1 N–H and O–H groups in total. The Hall–Kier alpha value is -2.12. The van der Waals surface area contributed by atoms with Gasteiger partial charge in [-0.3, -0.25) is 4.79 Å². The first-order valence-electron chi connectivity index (χ1n) is 8.34. The molecule has 0 aliphatic carbocycles. The maximum atomic E-state index is 12.5. The van der Waals surface area contributed by atoms with Crippen molar-refractivity contribution in [2.24, 2.45) is 0 Å². The van der Waals surface area contributed by atoms with Gasteiger partial charge in [-0.2, -0.15) is 0 Å². The number of thioether (sulfide) groups is 1. The lowest BCUT2D eigenvalue weighted by Crippen LogP contribution is -2.35. The Balaban J connectivity index is 1.60. The second kappa shape index (κ2) is 8.51. The molecule has 0 unspecified atom stereocenters. The van der Waals surface area contributed by atoms with Crippen molar-refractivity contribution in [2.75, 3.05) is 17.3 Å². The number of carbonyl (C=O) groups excluding carboxylic acids is 1. The van der Waals surface area contributed by atoms with E-state index in [1.54, 1.807) is 18.3 Å². The Bertz CT molecular complexity index is 896. The highest BCUT2D eigenvalue weighted by atomic mass is 32.2. The van der Waals surface area contributed by atoms with Gasteiger partial charge >= 0.3 is 0 Å². The van der Waals surface area contributed by atoms with Gasteiger partial charge in [0.1, 0.15) is 5.03 Å². The maximum Gasteiger partial charge on any atom is 0.254 e. The molecule has 1 aromatic heterocycles. The van der Waals surface area contributed by atoms with E-state index in [-0.39, 0.29) is 23.5 Å². The van der Waals surface area contributed by atoms with E-state index in [4.69, 9.17) is 0 Å². The summed E-state index contributed by atoms with van der Waals surface area (Å²) in [5.74, 6) is 0.567. The van der Waals surface area contributed by atoms with Gasteiger partial charge in [0.05, 0.1) is 17.1 Å². The maximum absolute atomic E-state index is 12.5. The van der Waals surface area contributed by atoms with Gasteiger partial charge in [-0.1, -0.05) is 42.5 Å². The van der Waals surface area contributed by atoms with Crippen LogP contribution in [0.4, 0.5) is 0 Å². The van der Waals surface area contributed by atoms with Crippen LogP contribution < -0.4 is 5.32 Å². The van der Waals surface area contributed by atoms with E-state index in [1.807, 2.05) is 42.5 Å². The summed E-state index contributed by atoms with van der Waals surface area (Å²) in [4.78, 5) is 16.8. The van der Waals surface area contributed by atoms with Crippen molar-refractivity contribution >= 4 is 33.6 Å². The zero-order valence-electron chi connectivity index (χ0n) is 14.2. The Kier molecular flexibility index (Phi) is 6.11. The zero-order valence-corrected chi connectivity index (χ0v) is 15.8. The summed E-state index contributed by atoms with van der Waals surface area (Å²) >= 11 is 1.48. The summed E-state index contributed by atoms with van der Waals surface area (Å²) in [6.07, 6.45) is 6.18. The minimum atomic E-state index is -3.02. The van der Waals surface area contributed by atoms with Crippen molar-refractivity contribution in [3.8, 4) is 0 Å². The molecule has 1 amide bonds. The predicted octanol–water partition coefficient (Wildman–Crippen LogP) is 2.80. The Morgan fingerprint density at radius 3 is 2.77 bits per heavy atom. The van der Waals surface area contributed by atoms with E-state index >= 15 is 0 Å². The number of carbonyl (C=O) groups is 1. The minimum Gasteiger partial charge on any atom is -0.348 e. The normalized spacial score (nSPS) is 18.8. The number of nitrogens with zero attached hydrogens (tertiary/aromatic N) is 1. The summed E-state index contributed by atoms with van der Waals surface area (Å²) < 4.78 is 23.1. The number of hydrogen-bond donors (Lipinski definition) is 1. The van der Waals surface area contributed by atoms with Crippen LogP contribution in [-0.2, 0) is 9.84 Å². The van der Waals surface area contributed by atoms with Crippen LogP contribution in [0, 0.1) is 0 Å². The predicted molar refractivity (Wildman–Crippen MR) is 105 cm³/mol. The van der Waals surface area contributed by atoms with E-state index in [0.29, 0.717) is 22.8 Å². The molecule has 0 spiro atoms. The number of aromatic nitrogens is 1. The third kappa shape index (κ3) is 5.19. The van der Waals surface area contributed by atoms with Crippen molar-refractivity contribution < 1.29 is 13.2 Å². The monoisotopic (exact) mass is 388 g/mol. The lowest BCUT2D eigenvalue weighted by molar-refractivity contribution is 0.0937. The molecule has 0 radical (unpaired) electrons. The third-order valence-electron chi connectivity index (χ3n) is 4.01. The highest BCUT2D eigenvalue weighted by Gasteiger charge is 2.29. The number of benzene rings is 1. The summed E-state index contributed by atoms with van der Waals surface area (Å²) in [5.41, 5.74) is 1.60. The standard InChI is InChI=1S/C19H20N2O3S2/c22-18(21-16-10-13-26(23,24)14-16)17-9-4-11-20-19(17)25-12-5-8-15-6-2-1-3-7-15/h1-9,11,16H,10,12-14H2,(H,21,22)/b8-5+/t16-/m1/s1. The van der Waals surface area contributed by atoms with Crippen LogP contribution >= 0.6 is 11.8 Å². The van der Waals surface area contributed by atoms with E-state index < -0.39 is 9.84 Å². The summed E-state index contributed by atoms with van der Waals surface area (Å²) in [6, 6.07) is 13.1. The van der Waals surface area contributed by atoms with Gasteiger partial charge in [-0.15, -0.1) is 11.8 Å². The molecule has 26 heavy (non-hydrogen) atoms. The highest BCUT2D eigenvalue weighted by molar-refractivity contribution is 7.99. The van der Waals surface area contributed by atoms with Crippen molar-refractivity contribution in [3.63, 3.8) is 0 Å². The lowest BCUT2D eigenvalue weighted by Gasteiger charge is -2.12. The van der Waals surface area contributed by atoms with Crippen molar-refractivity contribution in [1.29, 1.82) is 0 Å². The van der Waals surface area contributed by atoms with Crippen LogP contribution in [0.3, 0.4) is 0 Å². The molecular weight excluding hydrogens is 368 g/mol. The van der Waals surface area contributed by atoms with Gasteiger partial charge in [0, 0.05) is 18.0 Å². The smallest absolute Gasteiger partial charge is 0.254 e. The molecule has 0 bridgehead atoms. The fraction of sp³-hybridized carbons (Fsp3) is 0.263. The molecule has 2 heterocycles. The number of rotatable bonds is 6. The van der Waals surface area contributed by atoms with E-state index in [0.717, 1.165) is 5.56 Å². The molecule has 1 aliphatic rings. The van der Waals surface area contributed by atoms with E-state index in [9.17, 15) is 13.2 Å². The fourth-order valence-electron chi connectivity index (χ4n) is 2.73. The first-order chi connectivity index (χ1) is 12.5. The number of sulfone groups is 1. The van der Waals surface area contributed by atoms with Gasteiger partial charge < -0.3 is 5.32 Å². The highest BCUT2D eigenvalue weighted by Crippen LogP contribution is 2.21. The van der Waals surface area contributed by atoms with E-state index in [1.165, 1.54) is 11.8 Å². The topological polar surface area (TPSA) is 76.1 Å². The SMILES string of the molecule is O=C(N[C@@H]1CCS(=O)(=O)C1)c1cccnc1SC/C=C/c1ccccc1. The molecule has 1 atom stereocenters. The van der Waals surface area contributed by atoms with Crippen LogP contribution in [0.25, 0.3) is 6.08 Å². The molecule has 136 valence electrons. The van der Waals surface area contributed by atoms with Gasteiger partial charge in [0.2, 0.25) is 0 Å². The Morgan fingerprint density at radius 1 is 1.23 bits per heavy atom. The first kappa shape index (κ1) is 18.7. The average molecular weight is 389 g/mol. The Morgan fingerprint density at radius 2 is 2.04 bits per heavy atom. The fourth-order valence-corrected chi connectivity index (χ4v) is 5.20. The Labute approximate surface area is 157 Å². The van der Waals surface area contributed by atoms with Crippen LogP contribution in [0.15, 0.2) is 59.8 Å². The second-order valence-corrected chi connectivity index (χ2v) is 9.29. The molecule has 1 saturated heterocycles. The average Bonchev–Trinajstić information content (AvgIpc) is 2.98. The van der Waals surface area contributed by atoms with Crippen molar-refractivity contribution in [3.05, 3.63) is 65.9 Å². The van der Waals surface area contributed by atoms with Crippen LogP contribution in [0.5, 0.6) is 0 Å². The van der Waals surface area contributed by atoms with Gasteiger partial charge in [0.15, 0.2) is 9.84 Å². The zero-order chi connectivity index (χ0) is 18.4.